The first-order chi connectivity index (χ1) is 8.86. The third-order valence-corrected chi connectivity index (χ3v) is 2.86. The molecule has 3 aromatic rings. The third-order valence-electron chi connectivity index (χ3n) is 2.86. The standard InChI is InChI=1S/C15H10N2O/c18-11-16-14-5-3-4-12(8-14)13-9-15-6-1-2-7-17(15)10-13/h1-10H. The normalized spacial score (nSPS) is 10.2. The largest absolute Gasteiger partial charge is 0.323 e. The number of carbonyl (C=O) groups excluding carboxylic acids is 1. The van der Waals surface area contributed by atoms with Crippen LogP contribution in [-0.2, 0) is 4.79 Å². The van der Waals surface area contributed by atoms with Crippen LogP contribution in [0, 0.1) is 0 Å². The van der Waals surface area contributed by atoms with Gasteiger partial charge in [-0.2, -0.15) is 4.99 Å². The number of nitrogens with zero attached hydrogens (tertiary/aromatic N) is 2. The highest BCUT2D eigenvalue weighted by atomic mass is 16.1. The van der Waals surface area contributed by atoms with Gasteiger partial charge in [0.1, 0.15) is 0 Å². The lowest BCUT2D eigenvalue weighted by atomic mass is 10.1. The predicted octanol–water partition coefficient (Wildman–Crippen LogP) is 3.57. The van der Waals surface area contributed by atoms with Crippen molar-refractivity contribution >= 4 is 17.3 Å². The summed E-state index contributed by atoms with van der Waals surface area (Å²) in [7, 11) is 0. The van der Waals surface area contributed by atoms with Crippen molar-refractivity contribution in [1.29, 1.82) is 0 Å². The number of hydrogen-bond donors (Lipinski definition) is 0. The molecule has 3 nitrogen and oxygen atoms in total. The Kier molecular flexibility index (Phi) is 2.52. The fourth-order valence-corrected chi connectivity index (χ4v) is 2.02. The molecule has 0 fully saturated rings. The second-order valence-electron chi connectivity index (χ2n) is 4.01. The van der Waals surface area contributed by atoms with Gasteiger partial charge in [0.15, 0.2) is 0 Å². The summed E-state index contributed by atoms with van der Waals surface area (Å²) >= 11 is 0. The molecule has 0 saturated carbocycles. The molecular formula is C15H10N2O. The Hall–Kier alpha value is -2.64. The SMILES string of the molecule is O=C=Nc1cccc(-c2cc3ccccn3c2)c1. The quantitative estimate of drug-likeness (QED) is 0.493. The maximum absolute atomic E-state index is 10.3. The number of hydrogen-bond acceptors (Lipinski definition) is 2. The zero-order chi connectivity index (χ0) is 12.4. The molecule has 2 heterocycles. The van der Waals surface area contributed by atoms with E-state index < -0.39 is 0 Å². The van der Waals surface area contributed by atoms with Gasteiger partial charge in [0, 0.05) is 23.5 Å². The van der Waals surface area contributed by atoms with E-state index >= 15 is 0 Å². The molecule has 3 rings (SSSR count). The van der Waals surface area contributed by atoms with Crippen LogP contribution in [0.5, 0.6) is 0 Å². The molecule has 2 aromatic heterocycles. The number of fused-ring (bicyclic) bond motifs is 1. The fourth-order valence-electron chi connectivity index (χ4n) is 2.02. The smallest absolute Gasteiger partial charge is 0.240 e. The molecular weight excluding hydrogens is 224 g/mol. The van der Waals surface area contributed by atoms with Crippen molar-refractivity contribution in [3.63, 3.8) is 0 Å². The maximum atomic E-state index is 10.3. The van der Waals surface area contributed by atoms with Gasteiger partial charge in [-0.05, 0) is 35.9 Å². The molecule has 0 unspecified atom stereocenters. The van der Waals surface area contributed by atoms with E-state index in [0.717, 1.165) is 16.6 Å². The monoisotopic (exact) mass is 234 g/mol. The van der Waals surface area contributed by atoms with Crippen LogP contribution >= 0.6 is 0 Å². The minimum atomic E-state index is 0.623. The first kappa shape index (κ1) is 10.5. The van der Waals surface area contributed by atoms with E-state index in [-0.39, 0.29) is 0 Å². The summed E-state index contributed by atoms with van der Waals surface area (Å²) in [4.78, 5) is 13.9. The molecule has 0 atom stereocenters. The van der Waals surface area contributed by atoms with Gasteiger partial charge in [-0.25, -0.2) is 4.79 Å². The molecule has 0 aliphatic rings. The van der Waals surface area contributed by atoms with Crippen LogP contribution in [0.25, 0.3) is 16.6 Å². The van der Waals surface area contributed by atoms with E-state index in [1.54, 1.807) is 12.1 Å². The Morgan fingerprint density at radius 3 is 2.78 bits per heavy atom. The number of pyridine rings is 1. The Labute approximate surface area is 104 Å². The first-order valence-electron chi connectivity index (χ1n) is 5.62. The summed E-state index contributed by atoms with van der Waals surface area (Å²) in [5, 5.41) is 0. The Balaban J connectivity index is 2.13. The summed E-state index contributed by atoms with van der Waals surface area (Å²) in [6.07, 6.45) is 5.62. The van der Waals surface area contributed by atoms with Crippen LogP contribution in [0.4, 0.5) is 5.69 Å². The third kappa shape index (κ3) is 1.83. The second-order valence-corrected chi connectivity index (χ2v) is 4.01. The van der Waals surface area contributed by atoms with E-state index in [1.807, 2.05) is 36.5 Å². The number of aliphatic imine (C=N–C) groups is 1. The van der Waals surface area contributed by atoms with Crippen molar-refractivity contribution in [2.75, 3.05) is 0 Å². The molecule has 0 N–H and O–H groups in total. The van der Waals surface area contributed by atoms with Gasteiger partial charge in [0.2, 0.25) is 6.08 Å². The lowest BCUT2D eigenvalue weighted by molar-refractivity contribution is 0.565. The molecule has 18 heavy (non-hydrogen) atoms. The molecule has 3 heteroatoms. The van der Waals surface area contributed by atoms with Gasteiger partial charge in [0.05, 0.1) is 5.69 Å². The molecule has 86 valence electrons. The molecule has 0 amide bonds. The molecule has 0 bridgehead atoms. The molecule has 0 spiro atoms. The minimum absolute atomic E-state index is 0.623. The van der Waals surface area contributed by atoms with Crippen LogP contribution in [0.1, 0.15) is 0 Å². The molecule has 0 saturated heterocycles. The number of rotatable bonds is 2. The van der Waals surface area contributed by atoms with Crippen LogP contribution in [0.3, 0.4) is 0 Å². The lowest BCUT2D eigenvalue weighted by Gasteiger charge is -1.97. The zero-order valence-corrected chi connectivity index (χ0v) is 9.58. The van der Waals surface area contributed by atoms with Crippen molar-refractivity contribution in [3.8, 4) is 11.1 Å². The number of aromatic nitrogens is 1. The predicted molar refractivity (Wildman–Crippen MR) is 70.6 cm³/mol. The number of isocyanates is 1. The van der Waals surface area contributed by atoms with E-state index in [0.29, 0.717) is 5.69 Å². The van der Waals surface area contributed by atoms with E-state index in [4.69, 9.17) is 0 Å². The summed E-state index contributed by atoms with van der Waals surface area (Å²) in [5.74, 6) is 0. The topological polar surface area (TPSA) is 33.8 Å². The Morgan fingerprint density at radius 1 is 1.00 bits per heavy atom. The van der Waals surface area contributed by atoms with Crippen LogP contribution in [0.2, 0.25) is 0 Å². The van der Waals surface area contributed by atoms with Crippen LogP contribution < -0.4 is 0 Å². The molecule has 0 aliphatic carbocycles. The summed E-state index contributed by atoms with van der Waals surface area (Å²) in [5.41, 5.74) is 3.90. The Morgan fingerprint density at radius 2 is 1.94 bits per heavy atom. The van der Waals surface area contributed by atoms with Crippen molar-refractivity contribution in [2.24, 2.45) is 4.99 Å². The maximum Gasteiger partial charge on any atom is 0.240 e. The van der Waals surface area contributed by atoms with Crippen LogP contribution in [-0.4, -0.2) is 10.5 Å². The Bertz CT molecular complexity index is 719. The van der Waals surface area contributed by atoms with E-state index in [9.17, 15) is 4.79 Å². The van der Waals surface area contributed by atoms with Crippen molar-refractivity contribution in [1.82, 2.24) is 4.40 Å². The van der Waals surface area contributed by atoms with Gasteiger partial charge >= 0.3 is 0 Å². The highest BCUT2D eigenvalue weighted by molar-refractivity contribution is 5.72. The summed E-state index contributed by atoms with van der Waals surface area (Å²) in [6.45, 7) is 0. The van der Waals surface area contributed by atoms with Crippen molar-refractivity contribution in [3.05, 3.63) is 60.9 Å². The molecule has 0 aliphatic heterocycles. The van der Waals surface area contributed by atoms with Gasteiger partial charge in [0.25, 0.3) is 0 Å². The number of benzene rings is 1. The highest BCUT2D eigenvalue weighted by Gasteiger charge is 2.02. The molecule has 0 radical (unpaired) electrons. The van der Waals surface area contributed by atoms with Gasteiger partial charge in [-0.3, -0.25) is 0 Å². The zero-order valence-electron chi connectivity index (χ0n) is 9.58. The van der Waals surface area contributed by atoms with Gasteiger partial charge < -0.3 is 4.40 Å². The second kappa shape index (κ2) is 4.32. The lowest BCUT2D eigenvalue weighted by Crippen LogP contribution is -1.77. The summed E-state index contributed by atoms with van der Waals surface area (Å²) in [6, 6.07) is 15.7. The van der Waals surface area contributed by atoms with Gasteiger partial charge in [-0.1, -0.05) is 18.2 Å². The minimum Gasteiger partial charge on any atom is -0.323 e. The van der Waals surface area contributed by atoms with Gasteiger partial charge in [-0.15, -0.1) is 0 Å². The highest BCUT2D eigenvalue weighted by Crippen LogP contribution is 2.25. The van der Waals surface area contributed by atoms with Crippen molar-refractivity contribution < 1.29 is 4.79 Å². The summed E-state index contributed by atoms with van der Waals surface area (Å²) < 4.78 is 2.06. The van der Waals surface area contributed by atoms with E-state index in [1.165, 1.54) is 0 Å². The van der Waals surface area contributed by atoms with E-state index in [2.05, 4.69) is 27.7 Å². The fraction of sp³-hybridized carbons (Fsp3) is 0. The molecule has 1 aromatic carbocycles. The van der Waals surface area contributed by atoms with Crippen LogP contribution in [0.15, 0.2) is 65.9 Å². The first-order valence-corrected chi connectivity index (χ1v) is 5.62. The van der Waals surface area contributed by atoms with Crippen molar-refractivity contribution in [2.45, 2.75) is 0 Å². The average molecular weight is 234 g/mol. The average Bonchev–Trinajstić information content (AvgIpc) is 2.83.